The fourth-order valence-corrected chi connectivity index (χ4v) is 2.54. The zero-order valence-corrected chi connectivity index (χ0v) is 11.2. The monoisotopic (exact) mass is 270 g/mol. The van der Waals surface area contributed by atoms with Crippen molar-refractivity contribution in [3.8, 4) is 0 Å². The van der Waals surface area contributed by atoms with Gasteiger partial charge in [-0.3, -0.25) is 10.1 Å². The van der Waals surface area contributed by atoms with Crippen molar-refractivity contribution in [2.75, 3.05) is 25.1 Å². The largest absolute Gasteiger partial charge is 0.321 e. The molecule has 92 valence electrons. The van der Waals surface area contributed by atoms with Gasteiger partial charge in [0.15, 0.2) is 0 Å². The third kappa shape index (κ3) is 2.94. The number of carbonyl (C=O) groups is 1. The quantitative estimate of drug-likeness (QED) is 0.910. The van der Waals surface area contributed by atoms with Gasteiger partial charge < -0.3 is 4.90 Å². The molecule has 1 saturated heterocycles. The molecule has 1 amide bonds. The Hall–Kier alpha value is -0.710. The standard InChI is InChI=1S/C12H15ClN2OS/c1-17-6-5-15-11(16)8-14-12(15)9-3-2-4-10(13)7-9/h2-4,7,12,14H,5-6,8H2,1H3. The maximum atomic E-state index is 11.8. The first-order valence-corrected chi connectivity index (χ1v) is 7.27. The van der Waals surface area contributed by atoms with Crippen LogP contribution in [0.2, 0.25) is 5.02 Å². The van der Waals surface area contributed by atoms with Crippen LogP contribution in [-0.4, -0.2) is 35.9 Å². The average Bonchev–Trinajstić information content (AvgIpc) is 2.68. The smallest absolute Gasteiger partial charge is 0.238 e. The van der Waals surface area contributed by atoms with E-state index in [0.29, 0.717) is 11.6 Å². The molecule has 0 aromatic heterocycles. The van der Waals surface area contributed by atoms with E-state index in [9.17, 15) is 4.79 Å². The molecule has 0 radical (unpaired) electrons. The van der Waals surface area contributed by atoms with Crippen molar-refractivity contribution in [3.63, 3.8) is 0 Å². The van der Waals surface area contributed by atoms with Crippen molar-refractivity contribution in [1.82, 2.24) is 10.2 Å². The summed E-state index contributed by atoms with van der Waals surface area (Å²) in [6, 6.07) is 7.65. The van der Waals surface area contributed by atoms with Crippen molar-refractivity contribution in [2.45, 2.75) is 6.17 Å². The summed E-state index contributed by atoms with van der Waals surface area (Å²) < 4.78 is 0. The number of thioether (sulfide) groups is 1. The van der Waals surface area contributed by atoms with Crippen LogP contribution in [0.15, 0.2) is 24.3 Å². The molecule has 1 unspecified atom stereocenters. The molecule has 1 aromatic carbocycles. The highest BCUT2D eigenvalue weighted by Crippen LogP contribution is 2.24. The molecule has 5 heteroatoms. The SMILES string of the molecule is CSCCN1C(=O)CNC1c1cccc(Cl)c1. The Balaban J connectivity index is 2.16. The summed E-state index contributed by atoms with van der Waals surface area (Å²) in [5.41, 5.74) is 1.05. The van der Waals surface area contributed by atoms with Gasteiger partial charge in [0.25, 0.3) is 0 Å². The summed E-state index contributed by atoms with van der Waals surface area (Å²) in [4.78, 5) is 13.6. The number of hydrogen-bond donors (Lipinski definition) is 1. The molecule has 0 bridgehead atoms. The van der Waals surface area contributed by atoms with Gasteiger partial charge in [0.2, 0.25) is 5.91 Å². The van der Waals surface area contributed by atoms with Crippen LogP contribution in [0.25, 0.3) is 0 Å². The maximum absolute atomic E-state index is 11.8. The summed E-state index contributed by atoms with van der Waals surface area (Å²) in [7, 11) is 0. The highest BCUT2D eigenvalue weighted by atomic mass is 35.5. The average molecular weight is 271 g/mol. The number of rotatable bonds is 4. The lowest BCUT2D eigenvalue weighted by molar-refractivity contribution is -0.127. The second-order valence-corrected chi connectivity index (χ2v) is 5.34. The van der Waals surface area contributed by atoms with Crippen molar-refractivity contribution in [2.24, 2.45) is 0 Å². The molecule has 17 heavy (non-hydrogen) atoms. The van der Waals surface area contributed by atoms with E-state index in [1.165, 1.54) is 0 Å². The van der Waals surface area contributed by atoms with Gasteiger partial charge in [-0.05, 0) is 24.0 Å². The van der Waals surface area contributed by atoms with E-state index < -0.39 is 0 Å². The first-order valence-electron chi connectivity index (χ1n) is 5.49. The molecule has 2 rings (SSSR count). The molecule has 1 aliphatic heterocycles. The first-order chi connectivity index (χ1) is 8.22. The predicted molar refractivity (Wildman–Crippen MR) is 72.3 cm³/mol. The highest BCUT2D eigenvalue weighted by Gasteiger charge is 2.30. The van der Waals surface area contributed by atoms with Crippen molar-refractivity contribution in [3.05, 3.63) is 34.9 Å². The van der Waals surface area contributed by atoms with Crippen LogP contribution in [0, 0.1) is 0 Å². The first kappa shape index (κ1) is 12.7. The molecular weight excluding hydrogens is 256 g/mol. The van der Waals surface area contributed by atoms with E-state index in [4.69, 9.17) is 11.6 Å². The van der Waals surface area contributed by atoms with Crippen LogP contribution in [-0.2, 0) is 4.79 Å². The Kier molecular flexibility index (Phi) is 4.31. The van der Waals surface area contributed by atoms with Gasteiger partial charge in [-0.2, -0.15) is 11.8 Å². The Morgan fingerprint density at radius 2 is 2.41 bits per heavy atom. The van der Waals surface area contributed by atoms with Crippen LogP contribution in [0.4, 0.5) is 0 Å². The van der Waals surface area contributed by atoms with E-state index in [1.807, 2.05) is 35.4 Å². The van der Waals surface area contributed by atoms with Crippen LogP contribution >= 0.6 is 23.4 Å². The molecule has 0 spiro atoms. The number of nitrogens with one attached hydrogen (secondary N) is 1. The normalized spacial score (nSPS) is 20.0. The molecule has 3 nitrogen and oxygen atoms in total. The van der Waals surface area contributed by atoms with Gasteiger partial charge in [0.1, 0.15) is 6.17 Å². The van der Waals surface area contributed by atoms with Gasteiger partial charge in [0, 0.05) is 17.3 Å². The van der Waals surface area contributed by atoms with E-state index in [1.54, 1.807) is 11.8 Å². The minimum Gasteiger partial charge on any atom is -0.321 e. The second-order valence-electron chi connectivity index (χ2n) is 3.92. The molecule has 1 atom stereocenters. The molecule has 1 fully saturated rings. The summed E-state index contributed by atoms with van der Waals surface area (Å²) >= 11 is 7.72. The Morgan fingerprint density at radius 3 is 3.12 bits per heavy atom. The summed E-state index contributed by atoms with van der Waals surface area (Å²) in [6.45, 7) is 1.18. The van der Waals surface area contributed by atoms with E-state index in [2.05, 4.69) is 5.32 Å². The molecule has 0 aliphatic carbocycles. The molecule has 1 heterocycles. The van der Waals surface area contributed by atoms with Crippen LogP contribution < -0.4 is 5.32 Å². The lowest BCUT2D eigenvalue weighted by Gasteiger charge is -2.24. The molecule has 1 N–H and O–H groups in total. The fraction of sp³-hybridized carbons (Fsp3) is 0.417. The van der Waals surface area contributed by atoms with Crippen LogP contribution in [0.3, 0.4) is 0 Å². The van der Waals surface area contributed by atoms with Gasteiger partial charge in [-0.1, -0.05) is 23.7 Å². The zero-order valence-electron chi connectivity index (χ0n) is 9.65. The second kappa shape index (κ2) is 5.76. The molecular formula is C12H15ClN2OS. The summed E-state index contributed by atoms with van der Waals surface area (Å²) in [6.07, 6.45) is 2.01. The molecule has 0 saturated carbocycles. The minimum atomic E-state index is -0.0339. The van der Waals surface area contributed by atoms with Crippen LogP contribution in [0.1, 0.15) is 11.7 Å². The highest BCUT2D eigenvalue weighted by molar-refractivity contribution is 7.98. The number of nitrogens with zero attached hydrogens (tertiary/aromatic N) is 1. The zero-order chi connectivity index (χ0) is 12.3. The Labute approximate surface area is 111 Å². The van der Waals surface area contributed by atoms with E-state index >= 15 is 0 Å². The third-order valence-corrected chi connectivity index (χ3v) is 3.61. The van der Waals surface area contributed by atoms with Gasteiger partial charge in [-0.15, -0.1) is 0 Å². The Morgan fingerprint density at radius 1 is 1.59 bits per heavy atom. The number of halogens is 1. The van der Waals surface area contributed by atoms with Crippen molar-refractivity contribution in [1.29, 1.82) is 0 Å². The predicted octanol–water partition coefficient (Wildman–Crippen LogP) is 2.13. The van der Waals surface area contributed by atoms with Crippen LogP contribution in [0.5, 0.6) is 0 Å². The Bertz CT molecular complexity index is 413. The third-order valence-electron chi connectivity index (χ3n) is 2.78. The number of amides is 1. The number of carbonyl (C=O) groups excluding carboxylic acids is 1. The van der Waals surface area contributed by atoms with Crippen molar-refractivity contribution >= 4 is 29.3 Å². The molecule has 1 aromatic rings. The number of benzene rings is 1. The van der Waals surface area contributed by atoms with Gasteiger partial charge in [0.05, 0.1) is 6.54 Å². The summed E-state index contributed by atoms with van der Waals surface area (Å²) in [5, 5.41) is 3.92. The minimum absolute atomic E-state index is 0.0339. The topological polar surface area (TPSA) is 32.3 Å². The van der Waals surface area contributed by atoms with Crippen molar-refractivity contribution < 1.29 is 4.79 Å². The molecule has 1 aliphatic rings. The lowest BCUT2D eigenvalue weighted by atomic mass is 10.1. The van der Waals surface area contributed by atoms with E-state index in [0.717, 1.165) is 17.9 Å². The maximum Gasteiger partial charge on any atom is 0.238 e. The number of hydrogen-bond acceptors (Lipinski definition) is 3. The van der Waals surface area contributed by atoms with E-state index in [-0.39, 0.29) is 12.1 Å². The summed E-state index contributed by atoms with van der Waals surface area (Å²) in [5.74, 6) is 1.11. The van der Waals surface area contributed by atoms with Gasteiger partial charge >= 0.3 is 0 Å². The van der Waals surface area contributed by atoms with Gasteiger partial charge in [-0.25, -0.2) is 0 Å². The lowest BCUT2D eigenvalue weighted by Crippen LogP contribution is -2.32. The fourth-order valence-electron chi connectivity index (χ4n) is 1.96.